The summed E-state index contributed by atoms with van der Waals surface area (Å²) in [6.07, 6.45) is 3.67. The van der Waals surface area contributed by atoms with Gasteiger partial charge >= 0.3 is 6.09 Å². The van der Waals surface area contributed by atoms with Gasteiger partial charge in [-0.15, -0.1) is 0 Å². The molecule has 0 aromatic carbocycles. The lowest BCUT2D eigenvalue weighted by Crippen LogP contribution is -2.36. The molecule has 1 aliphatic carbocycles. The van der Waals surface area contributed by atoms with Crippen LogP contribution < -0.4 is 5.32 Å². The van der Waals surface area contributed by atoms with E-state index in [9.17, 15) is 9.59 Å². The van der Waals surface area contributed by atoms with Gasteiger partial charge < -0.3 is 10.1 Å². The Balaban J connectivity index is 2.23. The summed E-state index contributed by atoms with van der Waals surface area (Å²) in [7, 11) is 0. The zero-order valence-electron chi connectivity index (χ0n) is 10.3. The van der Waals surface area contributed by atoms with Crippen molar-refractivity contribution >= 4 is 11.9 Å². The molecule has 92 valence electrons. The van der Waals surface area contributed by atoms with E-state index in [0.29, 0.717) is 0 Å². The van der Waals surface area contributed by atoms with Gasteiger partial charge in [-0.3, -0.25) is 4.79 Å². The van der Waals surface area contributed by atoms with Crippen molar-refractivity contribution in [2.75, 3.05) is 6.54 Å². The summed E-state index contributed by atoms with van der Waals surface area (Å²) in [5.74, 6) is 0.276. The van der Waals surface area contributed by atoms with E-state index in [-0.39, 0.29) is 18.2 Å². The molecule has 0 aliphatic heterocycles. The molecule has 1 fully saturated rings. The van der Waals surface area contributed by atoms with Crippen LogP contribution in [0.3, 0.4) is 0 Å². The van der Waals surface area contributed by atoms with Gasteiger partial charge in [-0.25, -0.2) is 4.79 Å². The number of ether oxygens (including phenoxy) is 1. The van der Waals surface area contributed by atoms with E-state index in [4.69, 9.17) is 4.74 Å². The van der Waals surface area contributed by atoms with Gasteiger partial charge in [-0.2, -0.15) is 0 Å². The van der Waals surface area contributed by atoms with Crippen LogP contribution in [0.2, 0.25) is 0 Å². The van der Waals surface area contributed by atoms with Crippen molar-refractivity contribution in [2.45, 2.75) is 52.1 Å². The third kappa shape index (κ3) is 4.64. The fourth-order valence-electron chi connectivity index (χ4n) is 1.87. The SMILES string of the molecule is CC(C)(C)OC(=O)NCC(=O)C1CCCC1. The molecule has 1 saturated carbocycles. The molecular formula is C12H21NO3. The summed E-state index contributed by atoms with van der Waals surface area (Å²) in [6.45, 7) is 5.49. The van der Waals surface area contributed by atoms with Crippen molar-refractivity contribution in [2.24, 2.45) is 5.92 Å². The van der Waals surface area contributed by atoms with Crippen LogP contribution in [0.15, 0.2) is 0 Å². The molecular weight excluding hydrogens is 206 g/mol. The molecule has 1 rings (SSSR count). The predicted octanol–water partition coefficient (Wildman–Crippen LogP) is 2.27. The topological polar surface area (TPSA) is 55.4 Å². The summed E-state index contributed by atoms with van der Waals surface area (Å²) in [5, 5.41) is 2.51. The first-order chi connectivity index (χ1) is 7.38. The number of carbonyl (C=O) groups is 2. The monoisotopic (exact) mass is 227 g/mol. The van der Waals surface area contributed by atoms with Crippen molar-refractivity contribution in [3.8, 4) is 0 Å². The number of rotatable bonds is 3. The van der Waals surface area contributed by atoms with Crippen LogP contribution in [-0.4, -0.2) is 24.0 Å². The fourth-order valence-corrected chi connectivity index (χ4v) is 1.87. The zero-order chi connectivity index (χ0) is 12.2. The van der Waals surface area contributed by atoms with Crippen LogP contribution in [0.25, 0.3) is 0 Å². The highest BCUT2D eigenvalue weighted by molar-refractivity contribution is 5.86. The Bertz CT molecular complexity index is 262. The highest BCUT2D eigenvalue weighted by Gasteiger charge is 2.23. The Morgan fingerprint density at radius 1 is 1.25 bits per heavy atom. The fraction of sp³-hybridized carbons (Fsp3) is 0.833. The first-order valence-corrected chi connectivity index (χ1v) is 5.88. The van der Waals surface area contributed by atoms with Crippen molar-refractivity contribution < 1.29 is 14.3 Å². The normalized spacial score (nSPS) is 17.2. The maximum absolute atomic E-state index is 11.6. The Morgan fingerprint density at radius 2 is 1.81 bits per heavy atom. The van der Waals surface area contributed by atoms with Gasteiger partial charge in [0.25, 0.3) is 0 Å². The van der Waals surface area contributed by atoms with Crippen LogP contribution >= 0.6 is 0 Å². The number of ketones is 1. The number of nitrogens with one attached hydrogen (secondary N) is 1. The lowest BCUT2D eigenvalue weighted by Gasteiger charge is -2.19. The maximum Gasteiger partial charge on any atom is 0.408 e. The molecule has 1 N–H and O–H groups in total. The van der Waals surface area contributed by atoms with Crippen molar-refractivity contribution in [3.63, 3.8) is 0 Å². The number of amides is 1. The molecule has 16 heavy (non-hydrogen) atoms. The summed E-state index contributed by atoms with van der Waals surface area (Å²) in [4.78, 5) is 22.9. The third-order valence-electron chi connectivity index (χ3n) is 2.62. The molecule has 0 aromatic rings. The maximum atomic E-state index is 11.6. The molecule has 1 amide bonds. The number of carbonyl (C=O) groups excluding carboxylic acids is 2. The number of hydrogen-bond donors (Lipinski definition) is 1. The quantitative estimate of drug-likeness (QED) is 0.804. The van der Waals surface area contributed by atoms with Gasteiger partial charge in [-0.05, 0) is 33.6 Å². The second-order valence-electron chi connectivity index (χ2n) is 5.30. The number of hydrogen-bond acceptors (Lipinski definition) is 3. The molecule has 0 atom stereocenters. The molecule has 0 bridgehead atoms. The smallest absolute Gasteiger partial charge is 0.408 e. The second kappa shape index (κ2) is 5.32. The highest BCUT2D eigenvalue weighted by Crippen LogP contribution is 2.25. The summed E-state index contributed by atoms with van der Waals surface area (Å²) in [5.41, 5.74) is -0.513. The average molecular weight is 227 g/mol. The van der Waals surface area contributed by atoms with Crippen molar-refractivity contribution in [3.05, 3.63) is 0 Å². The molecule has 4 nitrogen and oxygen atoms in total. The van der Waals surface area contributed by atoms with Crippen LogP contribution in [0.4, 0.5) is 4.79 Å². The van der Waals surface area contributed by atoms with Gasteiger partial charge in [0.05, 0.1) is 6.54 Å². The molecule has 0 spiro atoms. The summed E-state index contributed by atoms with van der Waals surface area (Å²) < 4.78 is 5.05. The minimum absolute atomic E-state index is 0.0968. The first kappa shape index (κ1) is 13.0. The average Bonchev–Trinajstić information content (AvgIpc) is 2.64. The molecule has 0 saturated heterocycles. The lowest BCUT2D eigenvalue weighted by atomic mass is 10.0. The van der Waals surface area contributed by atoms with E-state index < -0.39 is 11.7 Å². The van der Waals surface area contributed by atoms with Gasteiger partial charge in [0.2, 0.25) is 0 Å². The van der Waals surface area contributed by atoms with Crippen molar-refractivity contribution in [1.82, 2.24) is 5.32 Å². The van der Waals surface area contributed by atoms with Gasteiger partial charge in [0.15, 0.2) is 5.78 Å². The van der Waals surface area contributed by atoms with Crippen LogP contribution in [0, 0.1) is 5.92 Å². The summed E-state index contributed by atoms with van der Waals surface area (Å²) in [6, 6.07) is 0. The predicted molar refractivity (Wildman–Crippen MR) is 61.2 cm³/mol. The zero-order valence-corrected chi connectivity index (χ0v) is 10.3. The van der Waals surface area contributed by atoms with Crippen LogP contribution in [0.5, 0.6) is 0 Å². The lowest BCUT2D eigenvalue weighted by molar-refractivity contribution is -0.121. The van der Waals surface area contributed by atoms with Gasteiger partial charge in [0.1, 0.15) is 5.60 Å². The van der Waals surface area contributed by atoms with E-state index in [0.717, 1.165) is 25.7 Å². The Labute approximate surface area is 96.7 Å². The van der Waals surface area contributed by atoms with Crippen LogP contribution in [-0.2, 0) is 9.53 Å². The van der Waals surface area contributed by atoms with E-state index in [2.05, 4.69) is 5.32 Å². The molecule has 1 aliphatic rings. The molecule has 0 radical (unpaired) electrons. The summed E-state index contributed by atoms with van der Waals surface area (Å²) >= 11 is 0. The van der Waals surface area contributed by atoms with E-state index >= 15 is 0 Å². The third-order valence-corrected chi connectivity index (χ3v) is 2.62. The number of alkyl carbamates (subject to hydrolysis) is 1. The first-order valence-electron chi connectivity index (χ1n) is 5.88. The molecule has 0 unspecified atom stereocenters. The number of Topliss-reactive ketones (excluding diaryl/α,β-unsaturated/α-hetero) is 1. The largest absolute Gasteiger partial charge is 0.444 e. The second-order valence-corrected chi connectivity index (χ2v) is 5.30. The van der Waals surface area contributed by atoms with Gasteiger partial charge in [0, 0.05) is 5.92 Å². The Morgan fingerprint density at radius 3 is 2.31 bits per heavy atom. The van der Waals surface area contributed by atoms with E-state index in [1.54, 1.807) is 20.8 Å². The van der Waals surface area contributed by atoms with Crippen molar-refractivity contribution in [1.29, 1.82) is 0 Å². The standard InChI is InChI=1S/C12H21NO3/c1-12(2,3)16-11(15)13-8-10(14)9-6-4-5-7-9/h9H,4-8H2,1-3H3,(H,13,15). The van der Waals surface area contributed by atoms with E-state index in [1.165, 1.54) is 0 Å². The highest BCUT2D eigenvalue weighted by atomic mass is 16.6. The molecule has 4 heteroatoms. The van der Waals surface area contributed by atoms with Crippen LogP contribution in [0.1, 0.15) is 46.5 Å². The minimum atomic E-state index is -0.515. The van der Waals surface area contributed by atoms with Gasteiger partial charge in [-0.1, -0.05) is 12.8 Å². The van der Waals surface area contributed by atoms with E-state index in [1.807, 2.05) is 0 Å². The Kier molecular flexibility index (Phi) is 4.33. The molecule has 0 aromatic heterocycles. The Hall–Kier alpha value is -1.06. The molecule has 0 heterocycles. The minimum Gasteiger partial charge on any atom is -0.444 e.